The number of halogens is 1. The second-order valence-corrected chi connectivity index (χ2v) is 7.58. The van der Waals surface area contributed by atoms with Crippen LogP contribution in [0.4, 0.5) is 11.6 Å². The molecule has 3 heterocycles. The maximum absolute atomic E-state index is 9.54. The van der Waals surface area contributed by atoms with E-state index in [1.54, 1.807) is 6.92 Å². The minimum Gasteiger partial charge on any atom is -0.395 e. The van der Waals surface area contributed by atoms with Crippen LogP contribution in [-0.2, 0) is 11.8 Å². The van der Waals surface area contributed by atoms with Gasteiger partial charge in [-0.3, -0.25) is 4.98 Å². The second kappa shape index (κ2) is 7.62. The van der Waals surface area contributed by atoms with Gasteiger partial charge in [-0.15, -0.1) is 0 Å². The number of pyridine rings is 1. The Kier molecular flexibility index (Phi) is 5.40. The Morgan fingerprint density at radius 3 is 2.79 bits per heavy atom. The van der Waals surface area contributed by atoms with E-state index < -0.39 is 5.41 Å². The van der Waals surface area contributed by atoms with Crippen molar-refractivity contribution >= 4 is 28.9 Å². The van der Waals surface area contributed by atoms with Crippen LogP contribution in [-0.4, -0.2) is 37.8 Å². The first-order valence-electron chi connectivity index (χ1n) is 8.84. The van der Waals surface area contributed by atoms with Gasteiger partial charge in [0.25, 0.3) is 0 Å². The number of aliphatic hydroxyl groups is 1. The van der Waals surface area contributed by atoms with E-state index in [9.17, 15) is 10.4 Å². The van der Waals surface area contributed by atoms with Gasteiger partial charge in [0, 0.05) is 29.8 Å². The van der Waals surface area contributed by atoms with Gasteiger partial charge in [-0.05, 0) is 19.1 Å². The highest BCUT2D eigenvalue weighted by atomic mass is 35.5. The number of rotatable bonds is 6. The molecule has 4 N–H and O–H groups in total. The lowest BCUT2D eigenvalue weighted by Crippen LogP contribution is -2.24. The highest BCUT2D eigenvalue weighted by Gasteiger charge is 2.21. The van der Waals surface area contributed by atoms with E-state index in [4.69, 9.17) is 17.3 Å². The summed E-state index contributed by atoms with van der Waals surface area (Å²) in [6.45, 7) is 6.15. The Balaban J connectivity index is 1.82. The van der Waals surface area contributed by atoms with Crippen LogP contribution in [0.1, 0.15) is 36.5 Å². The summed E-state index contributed by atoms with van der Waals surface area (Å²) >= 11 is 6.24. The normalized spacial score (nSPS) is 11.6. The molecular formula is C19H22ClN7O. The summed E-state index contributed by atoms with van der Waals surface area (Å²) in [7, 11) is 0. The zero-order valence-corrected chi connectivity index (χ0v) is 16.7. The van der Waals surface area contributed by atoms with Crippen LogP contribution in [0, 0.1) is 18.3 Å². The molecular weight excluding hydrogens is 378 g/mol. The Morgan fingerprint density at radius 2 is 2.11 bits per heavy atom. The predicted octanol–water partition coefficient (Wildman–Crippen LogP) is 2.46. The van der Waals surface area contributed by atoms with Crippen LogP contribution in [0.25, 0.3) is 5.65 Å². The number of hydrogen-bond donors (Lipinski definition) is 3. The number of nitrogens with one attached hydrogen (secondary N) is 1. The summed E-state index contributed by atoms with van der Waals surface area (Å²) in [6.07, 6.45) is 0.610. The molecule has 0 aliphatic heterocycles. The number of nitrogens with two attached hydrogens (primary N) is 1. The maximum atomic E-state index is 9.54. The molecule has 0 radical (unpaired) electrons. The molecule has 0 saturated heterocycles. The van der Waals surface area contributed by atoms with Gasteiger partial charge >= 0.3 is 0 Å². The maximum Gasteiger partial charge on any atom is 0.178 e. The number of aryl methyl sites for hydroxylation is 1. The number of nitrogens with zero attached hydrogens (tertiary/aromatic N) is 5. The van der Waals surface area contributed by atoms with Crippen molar-refractivity contribution in [1.82, 2.24) is 19.6 Å². The van der Waals surface area contributed by atoms with Crippen LogP contribution < -0.4 is 11.1 Å². The van der Waals surface area contributed by atoms with Gasteiger partial charge in [-0.2, -0.15) is 14.9 Å². The zero-order valence-electron chi connectivity index (χ0n) is 16.0. The van der Waals surface area contributed by atoms with E-state index in [1.807, 2.05) is 32.0 Å². The first kappa shape index (κ1) is 19.9. The van der Waals surface area contributed by atoms with Crippen molar-refractivity contribution in [3.05, 3.63) is 45.9 Å². The van der Waals surface area contributed by atoms with E-state index in [1.165, 1.54) is 4.52 Å². The summed E-state index contributed by atoms with van der Waals surface area (Å²) in [5.41, 5.74) is 8.59. The van der Waals surface area contributed by atoms with Crippen LogP contribution >= 0.6 is 11.6 Å². The molecule has 0 aliphatic rings. The molecule has 3 aromatic heterocycles. The number of hydrogen-bond acceptors (Lipinski definition) is 7. The Morgan fingerprint density at radius 1 is 1.36 bits per heavy atom. The molecule has 0 saturated carbocycles. The number of aromatic nitrogens is 4. The van der Waals surface area contributed by atoms with E-state index >= 15 is 0 Å². The lowest BCUT2D eigenvalue weighted by molar-refractivity contribution is 0.215. The fraction of sp³-hybridized carbons (Fsp3) is 0.368. The third-order valence-corrected chi connectivity index (χ3v) is 5.03. The van der Waals surface area contributed by atoms with Crippen LogP contribution in [0.2, 0.25) is 5.02 Å². The summed E-state index contributed by atoms with van der Waals surface area (Å²) in [6, 6.07) is 7.82. The van der Waals surface area contributed by atoms with Gasteiger partial charge in [-0.1, -0.05) is 31.5 Å². The zero-order chi connectivity index (χ0) is 20.5. The second-order valence-electron chi connectivity index (χ2n) is 7.20. The third-order valence-electron chi connectivity index (χ3n) is 4.58. The van der Waals surface area contributed by atoms with Crippen molar-refractivity contribution in [3.63, 3.8) is 0 Å². The fourth-order valence-electron chi connectivity index (χ4n) is 2.77. The van der Waals surface area contributed by atoms with Gasteiger partial charge in [0.2, 0.25) is 0 Å². The van der Waals surface area contributed by atoms with Crippen LogP contribution in [0.3, 0.4) is 0 Å². The topological polar surface area (TPSA) is 125 Å². The van der Waals surface area contributed by atoms with Crippen molar-refractivity contribution in [2.75, 3.05) is 24.2 Å². The van der Waals surface area contributed by atoms with Gasteiger partial charge in [0.15, 0.2) is 5.65 Å². The average molecular weight is 400 g/mol. The molecule has 0 amide bonds. The molecule has 146 valence electrons. The van der Waals surface area contributed by atoms with Crippen LogP contribution in [0.15, 0.2) is 18.2 Å². The fourth-order valence-corrected chi connectivity index (χ4v) is 2.93. The minimum absolute atomic E-state index is 0.0158. The van der Waals surface area contributed by atoms with Crippen LogP contribution in [0.5, 0.6) is 0 Å². The van der Waals surface area contributed by atoms with Gasteiger partial charge in [0.05, 0.1) is 12.3 Å². The monoisotopic (exact) mass is 399 g/mol. The van der Waals surface area contributed by atoms with Crippen molar-refractivity contribution in [2.45, 2.75) is 32.6 Å². The van der Waals surface area contributed by atoms with E-state index in [2.05, 4.69) is 26.5 Å². The molecule has 0 aromatic carbocycles. The molecule has 3 aromatic rings. The summed E-state index contributed by atoms with van der Waals surface area (Å²) < 4.78 is 1.38. The molecule has 0 aliphatic carbocycles. The van der Waals surface area contributed by atoms with E-state index in [-0.39, 0.29) is 18.0 Å². The Bertz CT molecular complexity index is 1070. The molecule has 0 bridgehead atoms. The van der Waals surface area contributed by atoms with Gasteiger partial charge in [-0.25, -0.2) is 4.98 Å². The number of fused-ring (bicyclic) bond motifs is 1. The average Bonchev–Trinajstić information content (AvgIpc) is 2.97. The lowest BCUT2D eigenvalue weighted by Gasteiger charge is -2.21. The summed E-state index contributed by atoms with van der Waals surface area (Å²) in [5, 5.41) is 26.8. The van der Waals surface area contributed by atoms with Crippen molar-refractivity contribution in [1.29, 1.82) is 5.26 Å². The Labute approximate surface area is 168 Å². The smallest absolute Gasteiger partial charge is 0.178 e. The molecule has 0 fully saturated rings. The van der Waals surface area contributed by atoms with Gasteiger partial charge in [0.1, 0.15) is 28.3 Å². The lowest BCUT2D eigenvalue weighted by atomic mass is 9.90. The molecule has 0 spiro atoms. The van der Waals surface area contributed by atoms with Crippen molar-refractivity contribution < 1.29 is 5.11 Å². The largest absolute Gasteiger partial charge is 0.395 e. The molecule has 9 heteroatoms. The van der Waals surface area contributed by atoms with Gasteiger partial charge < -0.3 is 16.2 Å². The first-order valence-corrected chi connectivity index (χ1v) is 9.22. The molecule has 3 rings (SSSR count). The molecule has 8 nitrogen and oxygen atoms in total. The number of nitriles is 1. The molecule has 28 heavy (non-hydrogen) atoms. The SMILES string of the molecule is Cc1nn2c(N)c(C#N)c(NCCc3cccc(C(C)(C)CO)n3)nc2c1Cl. The summed E-state index contributed by atoms with van der Waals surface area (Å²) in [4.78, 5) is 9.06. The highest BCUT2D eigenvalue weighted by Crippen LogP contribution is 2.27. The molecule has 0 unspecified atom stereocenters. The summed E-state index contributed by atoms with van der Waals surface area (Å²) in [5.74, 6) is 0.552. The number of anilines is 2. The number of nitrogen functional groups attached to an aromatic ring is 1. The predicted molar refractivity (Wildman–Crippen MR) is 108 cm³/mol. The minimum atomic E-state index is -0.408. The number of aliphatic hydroxyl groups excluding tert-OH is 1. The third kappa shape index (κ3) is 3.59. The quantitative estimate of drug-likeness (QED) is 0.581. The standard InChI is InChI=1S/C19H22ClN7O/c1-11-15(20)18-25-17(13(9-21)16(22)27(18)26-11)23-8-7-12-5-4-6-14(24-12)19(2,3)10-28/h4-6,28H,7-8,10,22H2,1-3H3,(H,23,25). The molecule has 0 atom stereocenters. The highest BCUT2D eigenvalue weighted by molar-refractivity contribution is 6.34. The van der Waals surface area contributed by atoms with E-state index in [0.29, 0.717) is 35.1 Å². The Hall–Kier alpha value is -2.89. The van der Waals surface area contributed by atoms with Crippen molar-refractivity contribution in [3.8, 4) is 6.07 Å². The van der Waals surface area contributed by atoms with Crippen molar-refractivity contribution in [2.24, 2.45) is 0 Å². The first-order chi connectivity index (χ1) is 13.3. The van der Waals surface area contributed by atoms with E-state index in [0.717, 1.165) is 11.4 Å².